The predicted molar refractivity (Wildman–Crippen MR) is 87.0 cm³/mol. The molecular weight excluding hydrogens is 356 g/mol. The maximum Gasteiger partial charge on any atom is 0.0603 e. The first-order valence-electron chi connectivity index (χ1n) is 6.54. The van der Waals surface area contributed by atoms with E-state index >= 15 is 0 Å². The maximum atomic E-state index is 5.90. The van der Waals surface area contributed by atoms with Crippen molar-refractivity contribution in [2.45, 2.75) is 33.1 Å². The number of hydrogen-bond donors (Lipinski definition) is 1. The van der Waals surface area contributed by atoms with E-state index < -0.39 is 0 Å². The van der Waals surface area contributed by atoms with Crippen LogP contribution in [-0.4, -0.2) is 24.5 Å². The van der Waals surface area contributed by atoms with Gasteiger partial charge in [-0.25, -0.2) is 0 Å². The van der Waals surface area contributed by atoms with Gasteiger partial charge >= 0.3 is 0 Å². The fraction of sp³-hybridized carbons (Fsp3) is 0.571. The van der Waals surface area contributed by atoms with Gasteiger partial charge in [-0.1, -0.05) is 13.8 Å². The molecule has 0 atom stereocenters. The van der Waals surface area contributed by atoms with Crippen LogP contribution in [0.2, 0.25) is 0 Å². The van der Waals surface area contributed by atoms with Gasteiger partial charge in [0.25, 0.3) is 0 Å². The van der Waals surface area contributed by atoms with Crippen molar-refractivity contribution in [2.75, 3.05) is 25.4 Å². The van der Waals surface area contributed by atoms with Gasteiger partial charge in [0, 0.05) is 15.5 Å². The van der Waals surface area contributed by atoms with Gasteiger partial charge in [-0.05, 0) is 81.9 Å². The Bertz CT molecular complexity index is 351. The van der Waals surface area contributed by atoms with E-state index in [1.165, 1.54) is 31.5 Å². The second-order valence-electron chi connectivity index (χ2n) is 4.56. The molecule has 0 amide bonds. The van der Waals surface area contributed by atoms with E-state index in [2.05, 4.69) is 62.7 Å². The van der Waals surface area contributed by atoms with E-state index in [0.717, 1.165) is 27.6 Å². The topological polar surface area (TPSA) is 29.3 Å². The van der Waals surface area contributed by atoms with E-state index in [-0.39, 0.29) is 0 Å². The predicted octanol–water partition coefficient (Wildman–Crippen LogP) is 4.46. The lowest BCUT2D eigenvalue weighted by Gasteiger charge is -2.21. The fourth-order valence-electron chi connectivity index (χ4n) is 2.04. The van der Waals surface area contributed by atoms with Gasteiger partial charge in [-0.3, -0.25) is 0 Å². The molecule has 0 aromatic heterocycles. The number of hydrogen-bond acceptors (Lipinski definition) is 2. The van der Waals surface area contributed by atoms with Gasteiger partial charge in [0.05, 0.1) is 5.69 Å². The summed E-state index contributed by atoms with van der Waals surface area (Å²) in [6.45, 7) is 7.96. The quantitative estimate of drug-likeness (QED) is 0.710. The first kappa shape index (κ1) is 16.0. The molecule has 2 N–H and O–H groups in total. The Balaban J connectivity index is 2.61. The molecule has 0 aliphatic heterocycles. The van der Waals surface area contributed by atoms with Gasteiger partial charge in [0.15, 0.2) is 0 Å². The van der Waals surface area contributed by atoms with E-state index in [4.69, 9.17) is 5.73 Å². The molecule has 0 saturated heterocycles. The van der Waals surface area contributed by atoms with Crippen LogP contribution in [0.3, 0.4) is 0 Å². The molecule has 18 heavy (non-hydrogen) atoms. The third-order valence-electron chi connectivity index (χ3n) is 2.94. The molecule has 0 spiro atoms. The zero-order chi connectivity index (χ0) is 13.5. The molecule has 1 rings (SSSR count). The summed E-state index contributed by atoms with van der Waals surface area (Å²) >= 11 is 6.99. The summed E-state index contributed by atoms with van der Waals surface area (Å²) in [5.41, 5.74) is 7.99. The van der Waals surface area contributed by atoms with Gasteiger partial charge in [-0.2, -0.15) is 0 Å². The maximum absolute atomic E-state index is 5.90. The van der Waals surface area contributed by atoms with Crippen LogP contribution in [0.1, 0.15) is 32.3 Å². The minimum absolute atomic E-state index is 0.776. The van der Waals surface area contributed by atoms with E-state index in [1.54, 1.807) is 0 Å². The average Bonchev–Trinajstić information content (AvgIpc) is 2.33. The number of halogens is 2. The summed E-state index contributed by atoms with van der Waals surface area (Å²) in [6.07, 6.45) is 3.50. The molecule has 0 heterocycles. The van der Waals surface area contributed by atoms with E-state index in [9.17, 15) is 0 Å². The number of nitrogen functional groups attached to an aromatic ring is 1. The lowest BCUT2D eigenvalue weighted by molar-refractivity contribution is 0.278. The summed E-state index contributed by atoms with van der Waals surface area (Å²) in [7, 11) is 0. The Morgan fingerprint density at radius 3 is 1.94 bits per heavy atom. The summed E-state index contributed by atoms with van der Waals surface area (Å²) < 4.78 is 1.95. The highest BCUT2D eigenvalue weighted by molar-refractivity contribution is 9.11. The monoisotopic (exact) mass is 376 g/mol. The van der Waals surface area contributed by atoms with Crippen molar-refractivity contribution in [1.29, 1.82) is 0 Å². The van der Waals surface area contributed by atoms with Crippen LogP contribution in [0, 0.1) is 0 Å². The first-order chi connectivity index (χ1) is 8.58. The molecule has 1 aromatic carbocycles. The summed E-state index contributed by atoms with van der Waals surface area (Å²) in [6, 6.07) is 4.24. The molecule has 0 fully saturated rings. The molecule has 102 valence electrons. The molecule has 2 nitrogen and oxygen atoms in total. The average molecular weight is 378 g/mol. The van der Waals surface area contributed by atoms with E-state index in [1.807, 2.05) is 0 Å². The third-order valence-corrected chi connectivity index (χ3v) is 4.25. The zero-order valence-electron chi connectivity index (χ0n) is 11.2. The van der Waals surface area contributed by atoms with Gasteiger partial charge in [0.2, 0.25) is 0 Å². The van der Waals surface area contributed by atoms with Gasteiger partial charge in [0.1, 0.15) is 0 Å². The second kappa shape index (κ2) is 8.18. The lowest BCUT2D eigenvalue weighted by atomic mass is 10.1. The standard InChI is InChI=1S/C14H22Br2N2/c1-3-6-18(7-4-2)8-5-11-9-12(15)14(17)13(16)10-11/h9-10H,3-8,17H2,1-2H3. The Hall–Kier alpha value is -0.0600. The van der Waals surface area contributed by atoms with Crippen molar-refractivity contribution in [2.24, 2.45) is 0 Å². The molecule has 0 saturated carbocycles. The number of nitrogens with two attached hydrogens (primary N) is 1. The molecule has 0 unspecified atom stereocenters. The van der Waals surface area contributed by atoms with Crippen LogP contribution in [0.4, 0.5) is 5.69 Å². The van der Waals surface area contributed by atoms with Crippen molar-refractivity contribution in [3.05, 3.63) is 26.6 Å². The van der Waals surface area contributed by atoms with Gasteiger partial charge < -0.3 is 10.6 Å². The Labute approximate surface area is 127 Å². The Morgan fingerprint density at radius 2 is 1.50 bits per heavy atom. The Kier molecular flexibility index (Phi) is 7.27. The summed E-state index contributed by atoms with van der Waals surface area (Å²) in [5.74, 6) is 0. The van der Waals surface area contributed by atoms with Crippen molar-refractivity contribution < 1.29 is 0 Å². The number of benzene rings is 1. The second-order valence-corrected chi connectivity index (χ2v) is 6.27. The van der Waals surface area contributed by atoms with Crippen LogP contribution in [0.15, 0.2) is 21.1 Å². The first-order valence-corrected chi connectivity index (χ1v) is 8.12. The highest BCUT2D eigenvalue weighted by atomic mass is 79.9. The molecule has 1 aromatic rings. The van der Waals surface area contributed by atoms with Crippen LogP contribution in [0.25, 0.3) is 0 Å². The molecule has 4 heteroatoms. The number of rotatable bonds is 7. The van der Waals surface area contributed by atoms with Crippen molar-refractivity contribution >= 4 is 37.5 Å². The van der Waals surface area contributed by atoms with E-state index in [0.29, 0.717) is 0 Å². The Morgan fingerprint density at radius 1 is 1.00 bits per heavy atom. The largest absolute Gasteiger partial charge is 0.397 e. The van der Waals surface area contributed by atoms with Crippen molar-refractivity contribution in [3.63, 3.8) is 0 Å². The number of anilines is 1. The third kappa shape index (κ3) is 4.90. The summed E-state index contributed by atoms with van der Waals surface area (Å²) in [5, 5.41) is 0. The van der Waals surface area contributed by atoms with Crippen LogP contribution in [0.5, 0.6) is 0 Å². The van der Waals surface area contributed by atoms with Crippen molar-refractivity contribution in [1.82, 2.24) is 4.90 Å². The molecule has 0 aliphatic carbocycles. The summed E-state index contributed by atoms with van der Waals surface area (Å²) in [4.78, 5) is 2.53. The fourth-order valence-corrected chi connectivity index (χ4v) is 3.32. The minimum Gasteiger partial charge on any atom is -0.397 e. The zero-order valence-corrected chi connectivity index (χ0v) is 14.3. The molecule has 0 bridgehead atoms. The molecule has 0 radical (unpaired) electrons. The van der Waals surface area contributed by atoms with Crippen LogP contribution in [-0.2, 0) is 6.42 Å². The molecule has 0 aliphatic rings. The van der Waals surface area contributed by atoms with Crippen LogP contribution >= 0.6 is 31.9 Å². The highest BCUT2D eigenvalue weighted by Crippen LogP contribution is 2.29. The lowest BCUT2D eigenvalue weighted by Crippen LogP contribution is -2.27. The normalized spacial score (nSPS) is 11.2. The van der Waals surface area contributed by atoms with Gasteiger partial charge in [-0.15, -0.1) is 0 Å². The highest BCUT2D eigenvalue weighted by Gasteiger charge is 2.07. The van der Waals surface area contributed by atoms with Crippen molar-refractivity contribution in [3.8, 4) is 0 Å². The van der Waals surface area contributed by atoms with Crippen LogP contribution < -0.4 is 5.73 Å². The molecular formula is C14H22Br2N2. The smallest absolute Gasteiger partial charge is 0.0603 e. The SMILES string of the molecule is CCCN(CCC)CCc1cc(Br)c(N)c(Br)c1. The minimum atomic E-state index is 0.776. The number of nitrogens with zero attached hydrogens (tertiary/aromatic N) is 1.